The maximum atomic E-state index is 7.00. The van der Waals surface area contributed by atoms with Crippen molar-refractivity contribution in [3.05, 3.63) is 109 Å². The Hall–Kier alpha value is -2.77. The van der Waals surface area contributed by atoms with E-state index in [1.54, 1.807) is 11.1 Å². The predicted molar refractivity (Wildman–Crippen MR) is 141 cm³/mol. The molecule has 34 heavy (non-hydrogen) atoms. The van der Waals surface area contributed by atoms with Gasteiger partial charge in [-0.05, 0) is 92.3 Å². The molecule has 0 amide bonds. The maximum absolute atomic E-state index is 7.00. The lowest BCUT2D eigenvalue weighted by atomic mass is 9.68. The van der Waals surface area contributed by atoms with Crippen molar-refractivity contribution in [3.8, 4) is 0 Å². The molecule has 7 rings (SSSR count). The average molecular weight is 464 g/mol. The van der Waals surface area contributed by atoms with E-state index < -0.39 is 0 Å². The van der Waals surface area contributed by atoms with Gasteiger partial charge in [0.05, 0.1) is 5.70 Å². The molecular formula is C32H30ClN. The number of benzene rings is 3. The zero-order valence-electron chi connectivity index (χ0n) is 19.6. The van der Waals surface area contributed by atoms with Crippen LogP contribution in [0.25, 0.3) is 17.7 Å². The summed E-state index contributed by atoms with van der Waals surface area (Å²) in [5, 5.41) is 5.65. The monoisotopic (exact) mass is 463 g/mol. The molecule has 4 aliphatic rings. The Morgan fingerprint density at radius 1 is 0.765 bits per heavy atom. The molecule has 3 aromatic carbocycles. The molecule has 0 spiro atoms. The van der Waals surface area contributed by atoms with Gasteiger partial charge in [0, 0.05) is 18.3 Å². The van der Waals surface area contributed by atoms with Gasteiger partial charge < -0.3 is 0 Å². The molecule has 0 aromatic heterocycles. The van der Waals surface area contributed by atoms with Gasteiger partial charge in [0.1, 0.15) is 0 Å². The zero-order chi connectivity index (χ0) is 22.6. The number of halogens is 1. The molecule has 0 bridgehead atoms. The van der Waals surface area contributed by atoms with Crippen LogP contribution in [0.15, 0.2) is 66.4 Å². The van der Waals surface area contributed by atoms with Gasteiger partial charge in [-0.25, -0.2) is 0 Å². The first-order chi connectivity index (χ1) is 16.8. The fourth-order valence-electron chi connectivity index (χ4n) is 6.71. The van der Waals surface area contributed by atoms with Crippen LogP contribution in [0.2, 0.25) is 0 Å². The summed E-state index contributed by atoms with van der Waals surface area (Å²) in [7, 11) is 0. The molecule has 1 atom stereocenters. The SMILES string of the molecule is ClN1CCc2ccccc2C=C1C1=c2ccc3c(c2CC(C2CCC2)C1)CC=c1ccccc1=3. The van der Waals surface area contributed by atoms with Gasteiger partial charge in [-0.3, -0.25) is 4.42 Å². The Kier molecular flexibility index (Phi) is 4.95. The fraction of sp³-hybridized carbons (Fsp3) is 0.312. The fourth-order valence-corrected chi connectivity index (χ4v) is 6.95. The molecule has 1 fully saturated rings. The highest BCUT2D eigenvalue weighted by Gasteiger charge is 2.33. The van der Waals surface area contributed by atoms with Gasteiger partial charge in [0.15, 0.2) is 0 Å². The zero-order valence-corrected chi connectivity index (χ0v) is 20.3. The number of fused-ring (bicyclic) bond motifs is 5. The van der Waals surface area contributed by atoms with Crippen LogP contribution in [0.3, 0.4) is 0 Å². The number of allylic oxidation sites excluding steroid dienone is 1. The molecule has 0 saturated heterocycles. The summed E-state index contributed by atoms with van der Waals surface area (Å²) in [6, 6.07) is 22.5. The average Bonchev–Trinajstić information content (AvgIpc) is 3.01. The highest BCUT2D eigenvalue weighted by molar-refractivity contribution is 6.16. The van der Waals surface area contributed by atoms with Crippen molar-refractivity contribution in [2.24, 2.45) is 11.8 Å². The van der Waals surface area contributed by atoms with E-state index in [4.69, 9.17) is 11.8 Å². The molecule has 3 aromatic rings. The molecule has 3 aliphatic carbocycles. The third-order valence-electron chi connectivity index (χ3n) is 8.78. The molecule has 1 aliphatic heterocycles. The van der Waals surface area contributed by atoms with E-state index in [0.29, 0.717) is 0 Å². The van der Waals surface area contributed by atoms with Crippen molar-refractivity contribution in [2.75, 3.05) is 6.54 Å². The Balaban J connectivity index is 1.50. The van der Waals surface area contributed by atoms with Crippen LogP contribution in [-0.2, 0) is 19.3 Å². The van der Waals surface area contributed by atoms with Gasteiger partial charge in [-0.2, -0.15) is 0 Å². The van der Waals surface area contributed by atoms with Gasteiger partial charge >= 0.3 is 0 Å². The second-order valence-electron chi connectivity index (χ2n) is 10.5. The van der Waals surface area contributed by atoms with Crippen LogP contribution in [0.1, 0.15) is 47.9 Å². The summed E-state index contributed by atoms with van der Waals surface area (Å²) in [5.74, 6) is 1.59. The highest BCUT2D eigenvalue weighted by atomic mass is 35.5. The molecule has 1 nitrogen and oxygen atoms in total. The van der Waals surface area contributed by atoms with Crippen LogP contribution < -0.4 is 10.4 Å². The Bertz CT molecular complexity index is 1540. The number of hydrogen-bond acceptors (Lipinski definition) is 1. The molecule has 1 heterocycles. The summed E-state index contributed by atoms with van der Waals surface area (Å²) in [4.78, 5) is 0. The number of nitrogens with zero attached hydrogens (tertiary/aromatic N) is 1. The number of hydrogen-bond donors (Lipinski definition) is 0. The van der Waals surface area contributed by atoms with Crippen molar-refractivity contribution in [3.63, 3.8) is 0 Å². The van der Waals surface area contributed by atoms with E-state index in [2.05, 4.69) is 72.8 Å². The first-order valence-electron chi connectivity index (χ1n) is 12.9. The molecule has 1 saturated carbocycles. The molecular weight excluding hydrogens is 434 g/mol. The minimum Gasteiger partial charge on any atom is -0.285 e. The van der Waals surface area contributed by atoms with Crippen molar-refractivity contribution in [2.45, 2.75) is 44.9 Å². The van der Waals surface area contributed by atoms with Crippen molar-refractivity contribution >= 4 is 29.5 Å². The predicted octanol–water partition coefficient (Wildman–Crippen LogP) is 5.88. The van der Waals surface area contributed by atoms with Crippen molar-refractivity contribution in [1.29, 1.82) is 0 Å². The first kappa shape index (κ1) is 20.6. The van der Waals surface area contributed by atoms with E-state index in [1.807, 2.05) is 4.42 Å². The normalized spacial score (nSPS) is 21.2. The van der Waals surface area contributed by atoms with E-state index in [-0.39, 0.29) is 0 Å². The quantitative estimate of drug-likeness (QED) is 0.429. The smallest absolute Gasteiger partial charge is 0.0567 e. The van der Waals surface area contributed by atoms with E-state index in [0.717, 1.165) is 37.6 Å². The lowest BCUT2D eigenvalue weighted by Gasteiger charge is -2.38. The van der Waals surface area contributed by atoms with Crippen LogP contribution in [0.5, 0.6) is 0 Å². The second kappa shape index (κ2) is 8.17. The van der Waals surface area contributed by atoms with Gasteiger partial charge in [-0.1, -0.05) is 86.0 Å². The van der Waals surface area contributed by atoms with E-state index in [1.165, 1.54) is 69.0 Å². The lowest BCUT2D eigenvalue weighted by molar-refractivity contribution is 0.204. The Labute approximate surface area is 206 Å². The Morgan fingerprint density at radius 3 is 2.47 bits per heavy atom. The third kappa shape index (κ3) is 3.28. The molecule has 2 heteroatoms. The second-order valence-corrected chi connectivity index (χ2v) is 10.9. The van der Waals surface area contributed by atoms with Crippen LogP contribution in [-0.4, -0.2) is 11.0 Å². The highest BCUT2D eigenvalue weighted by Crippen LogP contribution is 2.43. The standard InChI is InChI=1S/C32H30ClN/c33-34-17-16-22-6-1-2-8-24(22)20-32(34)31-19-25(21-9-5-10-21)18-30-28-13-12-23-7-3-4-11-26(23)27(28)14-15-29(30)31/h1-4,6-8,11-12,14-15,20-21,25H,5,9-10,13,16-19H2. The van der Waals surface area contributed by atoms with Crippen LogP contribution in [0, 0.1) is 22.3 Å². The summed E-state index contributed by atoms with van der Waals surface area (Å²) in [5.41, 5.74) is 8.54. The molecule has 170 valence electrons. The summed E-state index contributed by atoms with van der Waals surface area (Å²) in [6.45, 7) is 0.851. The van der Waals surface area contributed by atoms with Crippen LogP contribution in [0.4, 0.5) is 0 Å². The van der Waals surface area contributed by atoms with Crippen molar-refractivity contribution in [1.82, 2.24) is 4.42 Å². The van der Waals surface area contributed by atoms with Gasteiger partial charge in [-0.15, -0.1) is 0 Å². The minimum absolute atomic E-state index is 0.726. The molecule has 0 N–H and O–H groups in total. The first-order valence-corrected chi connectivity index (χ1v) is 13.3. The molecule has 0 radical (unpaired) electrons. The van der Waals surface area contributed by atoms with E-state index in [9.17, 15) is 0 Å². The summed E-state index contributed by atoms with van der Waals surface area (Å²) in [6.07, 6.45) is 13.4. The minimum atomic E-state index is 0.726. The number of rotatable bonds is 2. The summed E-state index contributed by atoms with van der Waals surface area (Å²) >= 11 is 7.00. The molecule has 1 unspecified atom stereocenters. The van der Waals surface area contributed by atoms with Gasteiger partial charge in [0.2, 0.25) is 0 Å². The van der Waals surface area contributed by atoms with Gasteiger partial charge in [0.25, 0.3) is 0 Å². The van der Waals surface area contributed by atoms with E-state index >= 15 is 0 Å². The maximum Gasteiger partial charge on any atom is 0.0567 e. The third-order valence-corrected chi connectivity index (χ3v) is 9.13. The topological polar surface area (TPSA) is 3.24 Å². The largest absolute Gasteiger partial charge is 0.285 e. The summed E-state index contributed by atoms with van der Waals surface area (Å²) < 4.78 is 2.00. The van der Waals surface area contributed by atoms with Crippen LogP contribution >= 0.6 is 11.8 Å². The lowest BCUT2D eigenvalue weighted by Crippen LogP contribution is -2.34. The Morgan fingerprint density at radius 2 is 1.59 bits per heavy atom. The van der Waals surface area contributed by atoms with Crippen molar-refractivity contribution < 1.29 is 0 Å².